The summed E-state index contributed by atoms with van der Waals surface area (Å²) >= 11 is 0. The van der Waals surface area contributed by atoms with Gasteiger partial charge in [-0.05, 0) is 45.1 Å². The molecular formula is C34H63N3O5. The van der Waals surface area contributed by atoms with E-state index in [2.05, 4.69) is 30.9 Å². The zero-order valence-corrected chi connectivity index (χ0v) is 27.2. The zero-order chi connectivity index (χ0) is 30.7. The Kier molecular flexibility index (Phi) is 24.0. The van der Waals surface area contributed by atoms with Gasteiger partial charge in [0.2, 0.25) is 5.91 Å². The van der Waals surface area contributed by atoms with Gasteiger partial charge in [0.05, 0.1) is 13.2 Å². The van der Waals surface area contributed by atoms with Gasteiger partial charge in [-0.2, -0.15) is 0 Å². The number of esters is 1. The van der Waals surface area contributed by atoms with Crippen LogP contribution in [0.15, 0.2) is 12.2 Å². The molecule has 8 nitrogen and oxygen atoms in total. The second-order valence-corrected chi connectivity index (χ2v) is 11.9. The predicted octanol–water partition coefficient (Wildman–Crippen LogP) is 7.66. The van der Waals surface area contributed by atoms with Crippen molar-refractivity contribution in [2.75, 3.05) is 52.4 Å². The first-order valence-electron chi connectivity index (χ1n) is 17.3. The summed E-state index contributed by atoms with van der Waals surface area (Å²) in [5, 5.41) is 9.18. The van der Waals surface area contributed by atoms with Crippen LogP contribution in [0.2, 0.25) is 0 Å². The Morgan fingerprint density at radius 3 is 1.83 bits per heavy atom. The summed E-state index contributed by atoms with van der Waals surface area (Å²) in [7, 11) is 0. The Morgan fingerprint density at radius 2 is 1.19 bits per heavy atom. The van der Waals surface area contributed by atoms with Crippen LogP contribution < -0.4 is 0 Å². The molecule has 0 bridgehead atoms. The summed E-state index contributed by atoms with van der Waals surface area (Å²) in [5.74, 6) is -0.0538. The number of unbranched alkanes of at least 4 members (excludes halogenated alkanes) is 14. The third-order valence-electron chi connectivity index (χ3n) is 8.11. The Hall–Kier alpha value is -2.09. The van der Waals surface area contributed by atoms with Crippen molar-refractivity contribution in [3.05, 3.63) is 12.2 Å². The maximum absolute atomic E-state index is 13.0. The minimum atomic E-state index is -0.923. The topological polar surface area (TPSA) is 90.4 Å². The number of carbonyl (C=O) groups is 3. The monoisotopic (exact) mass is 593 g/mol. The summed E-state index contributed by atoms with van der Waals surface area (Å²) in [4.78, 5) is 41.7. The lowest BCUT2D eigenvalue weighted by molar-refractivity contribution is -0.144. The molecule has 1 N–H and O–H groups in total. The van der Waals surface area contributed by atoms with Crippen molar-refractivity contribution in [2.24, 2.45) is 0 Å². The summed E-state index contributed by atoms with van der Waals surface area (Å²) in [5.41, 5.74) is 0. The molecule has 0 atom stereocenters. The maximum Gasteiger partial charge on any atom is 0.407 e. The molecule has 244 valence electrons. The van der Waals surface area contributed by atoms with Crippen molar-refractivity contribution < 1.29 is 24.2 Å². The molecule has 1 rings (SSSR count). The molecule has 0 unspecified atom stereocenters. The van der Waals surface area contributed by atoms with Gasteiger partial charge in [-0.15, -0.1) is 0 Å². The molecule has 2 amide bonds. The van der Waals surface area contributed by atoms with E-state index in [4.69, 9.17) is 4.74 Å². The van der Waals surface area contributed by atoms with Crippen molar-refractivity contribution in [3.63, 3.8) is 0 Å². The van der Waals surface area contributed by atoms with E-state index in [-0.39, 0.29) is 11.9 Å². The number of allylic oxidation sites excluding steroid dienone is 2. The highest BCUT2D eigenvalue weighted by Crippen LogP contribution is 2.11. The molecule has 1 aliphatic rings. The summed E-state index contributed by atoms with van der Waals surface area (Å²) in [6.07, 6.45) is 25.3. The average Bonchev–Trinajstić information content (AvgIpc) is 2.99. The van der Waals surface area contributed by atoms with Crippen molar-refractivity contribution in [1.29, 1.82) is 0 Å². The fraction of sp³-hybridized carbons (Fsp3) is 0.853. The number of nitrogens with zero attached hydrogens (tertiary/aromatic N) is 3. The van der Waals surface area contributed by atoms with Crippen LogP contribution in [-0.4, -0.2) is 90.2 Å². The number of carboxylic acid groups (broad SMARTS) is 1. The fourth-order valence-corrected chi connectivity index (χ4v) is 5.34. The summed E-state index contributed by atoms with van der Waals surface area (Å²) in [6, 6.07) is 0. The van der Waals surface area contributed by atoms with Crippen LogP contribution in [0.1, 0.15) is 136 Å². The highest BCUT2D eigenvalue weighted by Gasteiger charge is 2.24. The van der Waals surface area contributed by atoms with E-state index < -0.39 is 6.09 Å². The van der Waals surface area contributed by atoms with Gasteiger partial charge in [0.1, 0.15) is 0 Å². The van der Waals surface area contributed by atoms with Crippen LogP contribution in [-0.2, 0) is 14.3 Å². The second-order valence-electron chi connectivity index (χ2n) is 11.9. The number of hydrogen-bond donors (Lipinski definition) is 1. The van der Waals surface area contributed by atoms with Crippen LogP contribution in [0.25, 0.3) is 0 Å². The standard InChI is InChI=1S/C34H63N3O5/c1-3-5-7-9-11-12-13-14-15-17-19-21-24-35(31-32(38)36-26-28-37(29-27-36)34(40)41)25-22-30-42-33(39)23-20-18-16-10-8-6-4-2/h9,11H,3-8,10,12-31H2,1-2H3,(H,40,41)/b11-9-. The Balaban J connectivity index is 2.31. The van der Waals surface area contributed by atoms with Gasteiger partial charge >= 0.3 is 12.1 Å². The van der Waals surface area contributed by atoms with Gasteiger partial charge in [0, 0.05) is 39.1 Å². The van der Waals surface area contributed by atoms with E-state index in [0.717, 1.165) is 38.8 Å². The predicted molar refractivity (Wildman–Crippen MR) is 172 cm³/mol. The average molecular weight is 594 g/mol. The first kappa shape index (κ1) is 37.9. The molecular weight excluding hydrogens is 530 g/mol. The molecule has 0 aromatic carbocycles. The number of piperazine rings is 1. The van der Waals surface area contributed by atoms with Crippen molar-refractivity contribution >= 4 is 18.0 Å². The van der Waals surface area contributed by atoms with Gasteiger partial charge in [-0.3, -0.25) is 14.5 Å². The summed E-state index contributed by atoms with van der Waals surface area (Å²) in [6.45, 7) is 8.37. The molecule has 0 aromatic rings. The van der Waals surface area contributed by atoms with Gasteiger partial charge < -0.3 is 19.6 Å². The van der Waals surface area contributed by atoms with Crippen LogP contribution in [0.3, 0.4) is 0 Å². The molecule has 0 saturated carbocycles. The molecule has 0 radical (unpaired) electrons. The highest BCUT2D eigenvalue weighted by atomic mass is 16.5. The zero-order valence-electron chi connectivity index (χ0n) is 27.2. The Bertz CT molecular complexity index is 722. The van der Waals surface area contributed by atoms with Crippen LogP contribution >= 0.6 is 0 Å². The quantitative estimate of drug-likeness (QED) is 0.0629. The molecule has 1 saturated heterocycles. The van der Waals surface area contributed by atoms with Crippen molar-refractivity contribution in [2.45, 2.75) is 136 Å². The molecule has 0 aliphatic carbocycles. The number of amides is 2. The van der Waals surface area contributed by atoms with Gasteiger partial charge in [0.15, 0.2) is 0 Å². The first-order valence-corrected chi connectivity index (χ1v) is 17.3. The lowest BCUT2D eigenvalue weighted by Crippen LogP contribution is -2.52. The van der Waals surface area contributed by atoms with E-state index in [1.807, 2.05) is 0 Å². The van der Waals surface area contributed by atoms with Gasteiger partial charge in [-0.25, -0.2) is 4.79 Å². The molecule has 1 aliphatic heterocycles. The third kappa shape index (κ3) is 20.7. The van der Waals surface area contributed by atoms with Crippen LogP contribution in [0.4, 0.5) is 4.79 Å². The van der Waals surface area contributed by atoms with E-state index in [0.29, 0.717) is 52.2 Å². The van der Waals surface area contributed by atoms with Crippen molar-refractivity contribution in [1.82, 2.24) is 14.7 Å². The smallest absolute Gasteiger partial charge is 0.407 e. The van der Waals surface area contributed by atoms with E-state index in [9.17, 15) is 19.5 Å². The second kappa shape index (κ2) is 26.5. The molecule has 1 heterocycles. The molecule has 8 heteroatoms. The minimum Gasteiger partial charge on any atom is -0.466 e. The molecule has 0 aromatic heterocycles. The Morgan fingerprint density at radius 1 is 0.667 bits per heavy atom. The largest absolute Gasteiger partial charge is 0.466 e. The number of hydrogen-bond acceptors (Lipinski definition) is 5. The number of carbonyl (C=O) groups excluding carboxylic acids is 2. The van der Waals surface area contributed by atoms with Gasteiger partial charge in [-0.1, -0.05) is 103 Å². The minimum absolute atomic E-state index is 0.0583. The van der Waals surface area contributed by atoms with Crippen LogP contribution in [0.5, 0.6) is 0 Å². The van der Waals surface area contributed by atoms with Crippen LogP contribution in [0, 0.1) is 0 Å². The third-order valence-corrected chi connectivity index (χ3v) is 8.11. The number of rotatable bonds is 26. The number of ether oxygens (including phenoxy) is 1. The molecule has 42 heavy (non-hydrogen) atoms. The molecule has 0 spiro atoms. The lowest BCUT2D eigenvalue weighted by atomic mass is 10.1. The maximum atomic E-state index is 13.0. The van der Waals surface area contributed by atoms with E-state index in [1.165, 1.54) is 88.4 Å². The van der Waals surface area contributed by atoms with E-state index in [1.54, 1.807) is 4.90 Å². The lowest BCUT2D eigenvalue weighted by Gasteiger charge is -2.34. The molecule has 1 fully saturated rings. The fourth-order valence-electron chi connectivity index (χ4n) is 5.34. The highest BCUT2D eigenvalue weighted by molar-refractivity contribution is 5.78. The van der Waals surface area contributed by atoms with E-state index >= 15 is 0 Å². The summed E-state index contributed by atoms with van der Waals surface area (Å²) < 4.78 is 5.48. The van der Waals surface area contributed by atoms with Crippen molar-refractivity contribution in [3.8, 4) is 0 Å². The SMILES string of the molecule is CCCC/C=C\CCCCCCCCN(CCCOC(=O)CCCCCCCCC)CC(=O)N1CCN(C(=O)O)CC1. The van der Waals surface area contributed by atoms with Gasteiger partial charge in [0.25, 0.3) is 0 Å². The Labute approximate surface area is 257 Å². The normalized spacial score (nSPS) is 13.8. The first-order chi connectivity index (χ1) is 20.5.